The van der Waals surface area contributed by atoms with Crippen LogP contribution in [0.25, 0.3) is 0 Å². The third-order valence-corrected chi connectivity index (χ3v) is 4.04. The first-order valence-corrected chi connectivity index (χ1v) is 8.45. The van der Waals surface area contributed by atoms with E-state index in [1.54, 1.807) is 13.8 Å². The Morgan fingerprint density at radius 2 is 1.81 bits per heavy atom. The van der Waals surface area contributed by atoms with Crippen molar-refractivity contribution in [2.24, 2.45) is 0 Å². The molecule has 2 amide bonds. The average Bonchev–Trinajstić information content (AvgIpc) is 2.62. The summed E-state index contributed by atoms with van der Waals surface area (Å²) in [6.07, 6.45) is 0.397. The predicted molar refractivity (Wildman–Crippen MR) is 91.1 cm³/mol. The number of amides is 2. The van der Waals surface area contributed by atoms with Crippen LogP contribution in [0.4, 0.5) is 13.6 Å². The number of rotatable bonds is 6. The summed E-state index contributed by atoms with van der Waals surface area (Å²) in [5.74, 6) is -4.19. The fourth-order valence-electron chi connectivity index (χ4n) is 2.47. The summed E-state index contributed by atoms with van der Waals surface area (Å²) in [4.78, 5) is 36.1. The molecule has 1 aliphatic rings. The number of benzene rings is 1. The van der Waals surface area contributed by atoms with Crippen LogP contribution in [0.2, 0.25) is 5.02 Å². The van der Waals surface area contributed by atoms with Crippen molar-refractivity contribution in [3.05, 3.63) is 45.6 Å². The van der Waals surface area contributed by atoms with Crippen LogP contribution in [0.3, 0.4) is 0 Å². The Kier molecular flexibility index (Phi) is 6.73. The SMILES string of the molecule is CCOC(=O)C1=C(COC(=O)c2cc(F)c(F)cc2Cl)NC(=O)N[C@@H]1CC. The van der Waals surface area contributed by atoms with Gasteiger partial charge in [0.25, 0.3) is 0 Å². The molecular weight excluding hydrogens is 386 g/mol. The van der Waals surface area contributed by atoms with Crippen LogP contribution in [-0.4, -0.2) is 37.2 Å². The molecule has 0 saturated carbocycles. The molecule has 0 spiro atoms. The predicted octanol–water partition coefficient (Wildman–Crippen LogP) is 2.68. The molecule has 0 fully saturated rings. The van der Waals surface area contributed by atoms with Crippen molar-refractivity contribution in [1.29, 1.82) is 0 Å². The number of urea groups is 1. The van der Waals surface area contributed by atoms with Gasteiger partial charge in [-0.2, -0.15) is 0 Å². The van der Waals surface area contributed by atoms with E-state index >= 15 is 0 Å². The largest absolute Gasteiger partial charge is 0.463 e. The number of hydrogen-bond donors (Lipinski definition) is 2. The van der Waals surface area contributed by atoms with Crippen molar-refractivity contribution in [2.45, 2.75) is 26.3 Å². The molecule has 1 atom stereocenters. The summed E-state index contributed by atoms with van der Waals surface area (Å²) in [6, 6.07) is 0.0531. The molecule has 1 aromatic carbocycles. The van der Waals surface area contributed by atoms with Crippen LogP contribution in [0, 0.1) is 11.6 Å². The van der Waals surface area contributed by atoms with Crippen molar-refractivity contribution < 1.29 is 32.6 Å². The number of esters is 2. The maximum Gasteiger partial charge on any atom is 0.340 e. The zero-order valence-corrected chi connectivity index (χ0v) is 15.3. The Morgan fingerprint density at radius 1 is 1.15 bits per heavy atom. The zero-order chi connectivity index (χ0) is 20.1. The van der Waals surface area contributed by atoms with E-state index in [9.17, 15) is 23.2 Å². The Bertz CT molecular complexity index is 813. The third-order valence-electron chi connectivity index (χ3n) is 3.72. The normalized spacial score (nSPS) is 16.5. The lowest BCUT2D eigenvalue weighted by atomic mass is 10.0. The van der Waals surface area contributed by atoms with Gasteiger partial charge in [-0.3, -0.25) is 0 Å². The Balaban J connectivity index is 2.26. The summed E-state index contributed by atoms with van der Waals surface area (Å²) in [5.41, 5.74) is -0.236. The summed E-state index contributed by atoms with van der Waals surface area (Å²) in [5, 5.41) is 4.63. The molecule has 27 heavy (non-hydrogen) atoms. The molecule has 0 unspecified atom stereocenters. The molecule has 0 saturated heterocycles. The minimum absolute atomic E-state index is 0.0381. The minimum Gasteiger partial charge on any atom is -0.463 e. The highest BCUT2D eigenvalue weighted by Crippen LogP contribution is 2.22. The second-order valence-corrected chi connectivity index (χ2v) is 5.90. The van der Waals surface area contributed by atoms with Crippen molar-refractivity contribution in [1.82, 2.24) is 10.6 Å². The number of carbonyl (C=O) groups excluding carboxylic acids is 3. The van der Waals surface area contributed by atoms with Crippen LogP contribution < -0.4 is 10.6 Å². The van der Waals surface area contributed by atoms with Gasteiger partial charge in [0.15, 0.2) is 11.6 Å². The number of hydrogen-bond acceptors (Lipinski definition) is 5. The van der Waals surface area contributed by atoms with Gasteiger partial charge >= 0.3 is 18.0 Å². The minimum atomic E-state index is -1.26. The molecule has 146 valence electrons. The molecule has 0 aromatic heterocycles. The molecule has 1 heterocycles. The lowest BCUT2D eigenvalue weighted by molar-refractivity contribution is -0.139. The Labute approximate surface area is 158 Å². The summed E-state index contributed by atoms with van der Waals surface area (Å²) < 4.78 is 36.5. The van der Waals surface area contributed by atoms with Gasteiger partial charge in [0.1, 0.15) is 6.61 Å². The topological polar surface area (TPSA) is 93.7 Å². The van der Waals surface area contributed by atoms with Crippen molar-refractivity contribution >= 4 is 29.6 Å². The monoisotopic (exact) mass is 402 g/mol. The molecule has 2 rings (SSSR count). The lowest BCUT2D eigenvalue weighted by Gasteiger charge is -2.28. The average molecular weight is 403 g/mol. The second-order valence-electron chi connectivity index (χ2n) is 5.49. The smallest absolute Gasteiger partial charge is 0.340 e. The number of ether oxygens (including phenoxy) is 2. The van der Waals surface area contributed by atoms with Gasteiger partial charge in [-0.1, -0.05) is 18.5 Å². The first-order chi connectivity index (χ1) is 12.8. The first kappa shape index (κ1) is 20.6. The van der Waals surface area contributed by atoms with Crippen LogP contribution in [0.15, 0.2) is 23.4 Å². The van der Waals surface area contributed by atoms with Crippen molar-refractivity contribution in [2.75, 3.05) is 13.2 Å². The fourth-order valence-corrected chi connectivity index (χ4v) is 2.70. The molecule has 7 nitrogen and oxygen atoms in total. The molecule has 10 heteroatoms. The molecule has 2 N–H and O–H groups in total. The molecule has 0 radical (unpaired) electrons. The van der Waals surface area contributed by atoms with Gasteiger partial charge in [-0.25, -0.2) is 23.2 Å². The highest BCUT2D eigenvalue weighted by molar-refractivity contribution is 6.33. The standard InChI is InChI=1S/C17H17ClF2N2O5/c1-3-12-14(16(24)26-4-2)13(22-17(25)21-12)7-27-15(23)8-5-10(19)11(20)6-9(8)18/h5-6,12H,3-4,7H2,1-2H3,(H2,21,22,25)/t12-/m1/s1. The van der Waals surface area contributed by atoms with E-state index in [0.717, 1.165) is 0 Å². The van der Waals surface area contributed by atoms with Crippen molar-refractivity contribution in [3.8, 4) is 0 Å². The van der Waals surface area contributed by atoms with E-state index in [-0.39, 0.29) is 28.5 Å². The summed E-state index contributed by atoms with van der Waals surface area (Å²) in [6.45, 7) is 3.00. The van der Waals surface area contributed by atoms with E-state index in [4.69, 9.17) is 21.1 Å². The van der Waals surface area contributed by atoms with E-state index in [2.05, 4.69) is 10.6 Å². The van der Waals surface area contributed by atoms with Gasteiger partial charge < -0.3 is 20.1 Å². The summed E-state index contributed by atoms with van der Waals surface area (Å²) >= 11 is 5.73. The highest BCUT2D eigenvalue weighted by Gasteiger charge is 2.32. The van der Waals surface area contributed by atoms with Gasteiger partial charge in [-0.15, -0.1) is 0 Å². The first-order valence-electron chi connectivity index (χ1n) is 8.07. The van der Waals surface area contributed by atoms with Crippen molar-refractivity contribution in [3.63, 3.8) is 0 Å². The zero-order valence-electron chi connectivity index (χ0n) is 14.5. The van der Waals surface area contributed by atoms with Crippen LogP contribution in [-0.2, 0) is 14.3 Å². The van der Waals surface area contributed by atoms with E-state index < -0.39 is 42.3 Å². The quantitative estimate of drug-likeness (QED) is 0.563. The fraction of sp³-hybridized carbons (Fsp3) is 0.353. The van der Waals surface area contributed by atoms with Gasteiger partial charge in [0.2, 0.25) is 0 Å². The van der Waals surface area contributed by atoms with Gasteiger partial charge in [0.05, 0.1) is 34.5 Å². The summed E-state index contributed by atoms with van der Waals surface area (Å²) in [7, 11) is 0. The van der Waals surface area contributed by atoms with E-state index in [1.807, 2.05) is 0 Å². The Morgan fingerprint density at radius 3 is 2.44 bits per heavy atom. The van der Waals surface area contributed by atoms with E-state index in [1.165, 1.54) is 0 Å². The molecule has 1 aromatic rings. The van der Waals surface area contributed by atoms with Crippen LogP contribution >= 0.6 is 11.6 Å². The second kappa shape index (κ2) is 8.81. The number of nitrogens with one attached hydrogen (secondary N) is 2. The maximum absolute atomic E-state index is 13.3. The van der Waals surface area contributed by atoms with Gasteiger partial charge in [0, 0.05) is 0 Å². The number of halogens is 3. The molecule has 0 bridgehead atoms. The number of carbonyl (C=O) groups is 3. The highest BCUT2D eigenvalue weighted by atomic mass is 35.5. The van der Waals surface area contributed by atoms with Gasteiger partial charge in [-0.05, 0) is 25.5 Å². The third kappa shape index (κ3) is 4.73. The Hall–Kier alpha value is -2.68. The van der Waals surface area contributed by atoms with Crippen LogP contribution in [0.5, 0.6) is 0 Å². The van der Waals surface area contributed by atoms with Crippen LogP contribution in [0.1, 0.15) is 30.6 Å². The maximum atomic E-state index is 13.3. The van der Waals surface area contributed by atoms with E-state index in [0.29, 0.717) is 18.6 Å². The molecular formula is C17H17ClF2N2O5. The lowest BCUT2D eigenvalue weighted by Crippen LogP contribution is -2.51. The molecule has 0 aliphatic carbocycles. The molecule has 1 aliphatic heterocycles.